The molecule has 0 radical (unpaired) electrons. The Kier molecular flexibility index (Phi) is 5.47. The molecular weight excluding hydrogens is 434 g/mol. The third kappa shape index (κ3) is 3.91. The lowest BCUT2D eigenvalue weighted by Gasteiger charge is -2.12. The van der Waals surface area contributed by atoms with Gasteiger partial charge in [0.1, 0.15) is 23.0 Å². The molecule has 0 saturated carbocycles. The van der Waals surface area contributed by atoms with Crippen LogP contribution in [0.15, 0.2) is 78.9 Å². The highest BCUT2D eigenvalue weighted by Crippen LogP contribution is 2.30. The third-order valence-corrected chi connectivity index (χ3v) is 5.81. The summed E-state index contributed by atoms with van der Waals surface area (Å²) in [6.45, 7) is 0.507. The average Bonchev–Trinajstić information content (AvgIpc) is 3.13. The van der Waals surface area contributed by atoms with Crippen LogP contribution in [-0.4, -0.2) is 20.4 Å². The number of halogens is 1. The largest absolute Gasteiger partial charge is 0.309 e. The molecule has 2 aromatic heterocycles. The number of carbonyl (C=O) groups is 1. The highest BCUT2D eigenvalue weighted by Gasteiger charge is 2.23. The molecule has 0 bridgehead atoms. The van der Waals surface area contributed by atoms with Crippen LogP contribution in [0, 0.1) is 11.3 Å². The van der Waals surface area contributed by atoms with E-state index in [9.17, 15) is 10.1 Å². The fourth-order valence-corrected chi connectivity index (χ4v) is 4.08. The van der Waals surface area contributed by atoms with Gasteiger partial charge < -0.3 is 9.88 Å². The molecule has 0 unspecified atom stereocenters. The van der Waals surface area contributed by atoms with Gasteiger partial charge in [-0.3, -0.25) is 4.79 Å². The van der Waals surface area contributed by atoms with E-state index in [4.69, 9.17) is 21.6 Å². The van der Waals surface area contributed by atoms with Gasteiger partial charge in [0.15, 0.2) is 5.65 Å². The fourth-order valence-electron chi connectivity index (χ4n) is 3.86. The fraction of sp³-hybridized carbons (Fsp3) is 0.0769. The first-order valence-corrected chi connectivity index (χ1v) is 10.8. The van der Waals surface area contributed by atoms with Crippen molar-refractivity contribution in [1.29, 1.82) is 5.26 Å². The summed E-state index contributed by atoms with van der Waals surface area (Å²) in [5, 5.41) is 13.3. The van der Waals surface area contributed by atoms with Crippen molar-refractivity contribution in [3.8, 4) is 6.07 Å². The Morgan fingerprint density at radius 3 is 2.33 bits per heavy atom. The van der Waals surface area contributed by atoms with Crippen molar-refractivity contribution in [2.75, 3.05) is 5.32 Å². The number of nitriles is 1. The number of carbonyl (C=O) groups excluding carboxylic acids is 1. The van der Waals surface area contributed by atoms with Crippen LogP contribution in [0.4, 0.5) is 5.82 Å². The summed E-state index contributed by atoms with van der Waals surface area (Å²) in [4.78, 5) is 22.6. The van der Waals surface area contributed by atoms with Crippen LogP contribution >= 0.6 is 11.6 Å². The molecule has 1 amide bonds. The van der Waals surface area contributed by atoms with Crippen LogP contribution in [0.25, 0.3) is 22.2 Å². The lowest BCUT2D eigenvalue weighted by Crippen LogP contribution is -2.17. The Balaban J connectivity index is 1.66. The second-order valence-corrected chi connectivity index (χ2v) is 7.95. The molecule has 6 nitrogen and oxygen atoms in total. The summed E-state index contributed by atoms with van der Waals surface area (Å²) in [7, 11) is 0. The minimum atomic E-state index is -0.398. The van der Waals surface area contributed by atoms with Crippen LogP contribution in [-0.2, 0) is 13.0 Å². The van der Waals surface area contributed by atoms with Crippen LogP contribution in [0.3, 0.4) is 0 Å². The topological polar surface area (TPSA) is 83.6 Å². The summed E-state index contributed by atoms with van der Waals surface area (Å²) in [6.07, 6.45) is 0.693. The molecule has 0 saturated heterocycles. The molecule has 0 aliphatic carbocycles. The first-order chi connectivity index (χ1) is 16.2. The summed E-state index contributed by atoms with van der Waals surface area (Å²) in [5.41, 5.74) is 4.15. The quantitative estimate of drug-likeness (QED) is 0.376. The summed E-state index contributed by atoms with van der Waals surface area (Å²) >= 11 is 6.23. The van der Waals surface area contributed by atoms with Gasteiger partial charge in [-0.05, 0) is 36.2 Å². The van der Waals surface area contributed by atoms with E-state index >= 15 is 0 Å². The highest BCUT2D eigenvalue weighted by atomic mass is 35.5. The standard InChI is InChI=1S/C26H18ClN5O/c27-20-11-5-4-10-18(20)26(33)31-24-19(16-28)23-25(30-22-13-7-6-12-21(22)29-23)32(24)15-14-17-8-2-1-3-9-17/h1-13H,14-15H2,(H,31,33). The highest BCUT2D eigenvalue weighted by molar-refractivity contribution is 6.34. The minimum absolute atomic E-state index is 0.275. The van der Waals surface area contributed by atoms with Crippen LogP contribution < -0.4 is 5.32 Å². The van der Waals surface area contributed by atoms with Crippen molar-refractivity contribution in [3.63, 3.8) is 0 Å². The van der Waals surface area contributed by atoms with Crippen molar-refractivity contribution < 1.29 is 4.79 Å². The molecule has 0 fully saturated rings. The Morgan fingerprint density at radius 1 is 0.939 bits per heavy atom. The number of hydrogen-bond donors (Lipinski definition) is 1. The van der Waals surface area contributed by atoms with E-state index in [0.717, 1.165) is 11.1 Å². The van der Waals surface area contributed by atoms with Gasteiger partial charge in [0.2, 0.25) is 0 Å². The summed E-state index contributed by atoms with van der Waals surface area (Å²) in [6, 6.07) is 26.5. The maximum Gasteiger partial charge on any atom is 0.258 e. The maximum absolute atomic E-state index is 13.1. The Labute approximate surface area is 195 Å². The monoisotopic (exact) mass is 451 g/mol. The van der Waals surface area contributed by atoms with Crippen molar-refractivity contribution in [3.05, 3.63) is 101 Å². The van der Waals surface area contributed by atoms with Crippen molar-refractivity contribution in [2.24, 2.45) is 0 Å². The van der Waals surface area contributed by atoms with E-state index in [-0.39, 0.29) is 5.56 Å². The number of nitrogens with one attached hydrogen (secondary N) is 1. The van der Waals surface area contributed by atoms with Gasteiger partial charge in [-0.15, -0.1) is 0 Å². The smallest absolute Gasteiger partial charge is 0.258 e. The maximum atomic E-state index is 13.1. The number of nitrogens with zero attached hydrogens (tertiary/aromatic N) is 4. The molecule has 3 aromatic carbocycles. The van der Waals surface area contributed by atoms with Gasteiger partial charge in [-0.1, -0.05) is 66.2 Å². The molecule has 2 heterocycles. The molecule has 1 N–H and O–H groups in total. The minimum Gasteiger partial charge on any atom is -0.309 e. The summed E-state index contributed by atoms with van der Waals surface area (Å²) in [5.74, 6) is -0.0333. The number of amides is 1. The van der Waals surface area contributed by atoms with Crippen LogP contribution in [0.2, 0.25) is 5.02 Å². The molecule has 160 valence electrons. The van der Waals surface area contributed by atoms with E-state index in [1.54, 1.807) is 24.3 Å². The van der Waals surface area contributed by atoms with Gasteiger partial charge in [-0.2, -0.15) is 5.26 Å². The molecule has 5 aromatic rings. The van der Waals surface area contributed by atoms with Gasteiger partial charge in [0.05, 0.1) is 21.6 Å². The number of aryl methyl sites for hydroxylation is 2. The first kappa shape index (κ1) is 20.7. The number of para-hydroxylation sites is 2. The molecule has 7 heteroatoms. The Morgan fingerprint density at radius 2 is 1.61 bits per heavy atom. The predicted molar refractivity (Wildman–Crippen MR) is 129 cm³/mol. The van der Waals surface area contributed by atoms with E-state index in [1.165, 1.54) is 0 Å². The van der Waals surface area contributed by atoms with Crippen molar-refractivity contribution in [1.82, 2.24) is 14.5 Å². The second-order valence-electron chi connectivity index (χ2n) is 7.54. The van der Waals surface area contributed by atoms with E-state index in [1.807, 2.05) is 59.2 Å². The molecule has 0 spiro atoms. The van der Waals surface area contributed by atoms with Crippen LogP contribution in [0.5, 0.6) is 0 Å². The van der Waals surface area contributed by atoms with Gasteiger partial charge in [0, 0.05) is 6.54 Å². The zero-order chi connectivity index (χ0) is 22.8. The number of aromatic nitrogens is 3. The molecular formula is C26H18ClN5O. The van der Waals surface area contributed by atoms with Crippen molar-refractivity contribution >= 4 is 45.5 Å². The first-order valence-electron chi connectivity index (χ1n) is 10.4. The number of anilines is 1. The van der Waals surface area contributed by atoms with Gasteiger partial charge in [0.25, 0.3) is 5.91 Å². The molecule has 0 atom stereocenters. The lowest BCUT2D eigenvalue weighted by molar-refractivity contribution is 0.102. The number of hydrogen-bond acceptors (Lipinski definition) is 4. The number of fused-ring (bicyclic) bond motifs is 2. The Bertz CT molecular complexity index is 1540. The average molecular weight is 452 g/mol. The van der Waals surface area contributed by atoms with Gasteiger partial charge >= 0.3 is 0 Å². The van der Waals surface area contributed by atoms with E-state index < -0.39 is 5.91 Å². The van der Waals surface area contributed by atoms with Crippen molar-refractivity contribution in [2.45, 2.75) is 13.0 Å². The Hall–Kier alpha value is -4.21. The van der Waals surface area contributed by atoms with E-state index in [2.05, 4.69) is 11.4 Å². The van der Waals surface area contributed by atoms with E-state index in [0.29, 0.717) is 46.1 Å². The molecule has 0 aliphatic rings. The summed E-state index contributed by atoms with van der Waals surface area (Å²) < 4.78 is 1.86. The number of rotatable bonds is 5. The van der Waals surface area contributed by atoms with Gasteiger partial charge in [-0.25, -0.2) is 9.97 Å². The number of benzene rings is 3. The predicted octanol–water partition coefficient (Wildman–Crippen LogP) is 5.60. The zero-order valence-electron chi connectivity index (χ0n) is 17.5. The van der Waals surface area contributed by atoms with Crippen LogP contribution in [0.1, 0.15) is 21.5 Å². The molecule has 0 aliphatic heterocycles. The third-order valence-electron chi connectivity index (χ3n) is 5.48. The lowest BCUT2D eigenvalue weighted by atomic mass is 10.1. The zero-order valence-corrected chi connectivity index (χ0v) is 18.3. The SMILES string of the molecule is N#Cc1c(NC(=O)c2ccccc2Cl)n(CCc2ccccc2)c2nc3ccccc3nc12. The normalized spacial score (nSPS) is 10.9. The second kappa shape index (κ2) is 8.73. The molecule has 33 heavy (non-hydrogen) atoms. The molecule has 5 rings (SSSR count).